The SMILES string of the molecule is CCC1CCCCN1C(=O)CN1CCC2(CCNC2)C1.Cl. The maximum atomic E-state index is 12.6. The highest BCUT2D eigenvalue weighted by atomic mass is 35.5. The van der Waals surface area contributed by atoms with Crippen molar-refractivity contribution in [3.8, 4) is 0 Å². The molecule has 3 aliphatic heterocycles. The van der Waals surface area contributed by atoms with Crippen molar-refractivity contribution in [2.45, 2.75) is 51.5 Å². The Balaban J connectivity index is 0.00000161. The maximum Gasteiger partial charge on any atom is 0.236 e. The molecule has 0 bridgehead atoms. The summed E-state index contributed by atoms with van der Waals surface area (Å²) in [6.45, 7) is 8.39. The van der Waals surface area contributed by atoms with Gasteiger partial charge in [0.05, 0.1) is 6.54 Å². The van der Waals surface area contributed by atoms with Crippen LogP contribution in [0.1, 0.15) is 45.4 Å². The molecule has 1 N–H and O–H groups in total. The molecule has 3 rings (SSSR count). The second-order valence-corrected chi connectivity index (χ2v) is 7.03. The van der Waals surface area contributed by atoms with Crippen molar-refractivity contribution in [2.75, 3.05) is 39.3 Å². The third-order valence-electron chi connectivity index (χ3n) is 5.63. The van der Waals surface area contributed by atoms with Gasteiger partial charge in [0.25, 0.3) is 0 Å². The summed E-state index contributed by atoms with van der Waals surface area (Å²) in [6.07, 6.45) is 7.36. The number of hydrogen-bond acceptors (Lipinski definition) is 3. The van der Waals surface area contributed by atoms with Crippen LogP contribution in [0.25, 0.3) is 0 Å². The van der Waals surface area contributed by atoms with Gasteiger partial charge in [0, 0.05) is 25.7 Å². The Labute approximate surface area is 135 Å². The molecule has 3 fully saturated rings. The fourth-order valence-corrected chi connectivity index (χ4v) is 4.34. The van der Waals surface area contributed by atoms with E-state index in [0.717, 1.165) is 39.1 Å². The molecule has 1 amide bonds. The Morgan fingerprint density at radius 2 is 2.14 bits per heavy atom. The van der Waals surface area contributed by atoms with Crippen LogP contribution < -0.4 is 5.32 Å². The van der Waals surface area contributed by atoms with Crippen LogP contribution in [0, 0.1) is 5.41 Å². The van der Waals surface area contributed by atoms with Gasteiger partial charge in [0.15, 0.2) is 0 Å². The molecule has 5 heteroatoms. The normalized spacial score (nSPS) is 33.4. The van der Waals surface area contributed by atoms with E-state index in [0.29, 0.717) is 23.9 Å². The third kappa shape index (κ3) is 3.72. The Kier molecular flexibility index (Phi) is 5.92. The van der Waals surface area contributed by atoms with Crippen molar-refractivity contribution in [1.29, 1.82) is 0 Å². The van der Waals surface area contributed by atoms with Crippen LogP contribution in [-0.2, 0) is 4.79 Å². The minimum absolute atomic E-state index is 0. The van der Waals surface area contributed by atoms with E-state index in [1.54, 1.807) is 0 Å². The summed E-state index contributed by atoms with van der Waals surface area (Å²) in [6, 6.07) is 0.501. The standard InChI is InChI=1S/C16H29N3O.ClH/c1-2-14-5-3-4-9-19(14)15(20)11-18-10-7-16(13-18)6-8-17-12-16;/h14,17H,2-13H2,1H3;1H. The second kappa shape index (κ2) is 7.30. The number of nitrogens with zero attached hydrogens (tertiary/aromatic N) is 2. The third-order valence-corrected chi connectivity index (χ3v) is 5.63. The molecule has 3 aliphatic rings. The first-order valence-electron chi connectivity index (χ1n) is 8.45. The number of carbonyl (C=O) groups is 1. The largest absolute Gasteiger partial charge is 0.339 e. The summed E-state index contributed by atoms with van der Waals surface area (Å²) >= 11 is 0. The summed E-state index contributed by atoms with van der Waals surface area (Å²) in [5, 5.41) is 3.49. The van der Waals surface area contributed by atoms with Gasteiger partial charge in [-0.2, -0.15) is 0 Å². The van der Waals surface area contributed by atoms with E-state index in [1.807, 2.05) is 0 Å². The summed E-state index contributed by atoms with van der Waals surface area (Å²) in [4.78, 5) is 17.2. The number of rotatable bonds is 3. The van der Waals surface area contributed by atoms with Crippen molar-refractivity contribution >= 4 is 18.3 Å². The van der Waals surface area contributed by atoms with E-state index < -0.39 is 0 Å². The summed E-state index contributed by atoms with van der Waals surface area (Å²) in [5.41, 5.74) is 0.479. The van der Waals surface area contributed by atoms with Crippen molar-refractivity contribution in [1.82, 2.24) is 15.1 Å². The molecule has 1 spiro atoms. The zero-order chi connectivity index (χ0) is 14.0. The topological polar surface area (TPSA) is 35.6 Å². The monoisotopic (exact) mass is 315 g/mol. The number of nitrogens with one attached hydrogen (secondary N) is 1. The van der Waals surface area contributed by atoms with Gasteiger partial charge in [0.2, 0.25) is 5.91 Å². The zero-order valence-corrected chi connectivity index (χ0v) is 14.1. The highest BCUT2D eigenvalue weighted by Gasteiger charge is 2.41. The first-order chi connectivity index (χ1) is 9.72. The number of likely N-dealkylation sites (tertiary alicyclic amines) is 2. The molecule has 2 unspecified atom stereocenters. The zero-order valence-electron chi connectivity index (χ0n) is 13.3. The smallest absolute Gasteiger partial charge is 0.236 e. The van der Waals surface area contributed by atoms with Crippen molar-refractivity contribution in [3.05, 3.63) is 0 Å². The van der Waals surface area contributed by atoms with Crippen LogP contribution in [0.5, 0.6) is 0 Å². The predicted octanol–water partition coefficient (Wildman–Crippen LogP) is 1.88. The lowest BCUT2D eigenvalue weighted by Gasteiger charge is -2.36. The Bertz CT molecular complexity index is 357. The number of halogens is 1. The van der Waals surface area contributed by atoms with Gasteiger partial charge < -0.3 is 10.2 Å². The van der Waals surface area contributed by atoms with E-state index in [2.05, 4.69) is 22.0 Å². The molecular formula is C16H30ClN3O. The van der Waals surface area contributed by atoms with Gasteiger partial charge in [-0.1, -0.05) is 6.92 Å². The average Bonchev–Trinajstić information content (AvgIpc) is 3.09. The molecule has 0 aliphatic carbocycles. The minimum Gasteiger partial charge on any atom is -0.339 e. The lowest BCUT2D eigenvalue weighted by molar-refractivity contribution is -0.136. The van der Waals surface area contributed by atoms with Gasteiger partial charge in [-0.3, -0.25) is 9.69 Å². The fourth-order valence-electron chi connectivity index (χ4n) is 4.34. The number of hydrogen-bond donors (Lipinski definition) is 1. The molecule has 0 aromatic heterocycles. The van der Waals surface area contributed by atoms with Crippen LogP contribution in [0.4, 0.5) is 0 Å². The Morgan fingerprint density at radius 1 is 1.29 bits per heavy atom. The summed E-state index contributed by atoms with van der Waals surface area (Å²) in [5.74, 6) is 0.375. The maximum absolute atomic E-state index is 12.6. The van der Waals surface area contributed by atoms with Gasteiger partial charge >= 0.3 is 0 Å². The van der Waals surface area contributed by atoms with E-state index >= 15 is 0 Å². The van der Waals surface area contributed by atoms with Crippen LogP contribution in [-0.4, -0.2) is 61.0 Å². The van der Waals surface area contributed by atoms with E-state index in [-0.39, 0.29) is 12.4 Å². The average molecular weight is 316 g/mol. The molecule has 3 heterocycles. The Hall–Kier alpha value is -0.320. The van der Waals surface area contributed by atoms with Gasteiger partial charge in [-0.05, 0) is 57.0 Å². The Morgan fingerprint density at radius 3 is 2.86 bits per heavy atom. The predicted molar refractivity (Wildman–Crippen MR) is 87.9 cm³/mol. The lowest BCUT2D eigenvalue weighted by atomic mass is 9.87. The van der Waals surface area contributed by atoms with Crippen LogP contribution in [0.3, 0.4) is 0 Å². The molecule has 21 heavy (non-hydrogen) atoms. The van der Waals surface area contributed by atoms with E-state index in [1.165, 1.54) is 32.1 Å². The van der Waals surface area contributed by atoms with Gasteiger partial charge in [-0.25, -0.2) is 0 Å². The van der Waals surface area contributed by atoms with Crippen LogP contribution in [0.2, 0.25) is 0 Å². The van der Waals surface area contributed by atoms with Crippen molar-refractivity contribution < 1.29 is 4.79 Å². The summed E-state index contributed by atoms with van der Waals surface area (Å²) in [7, 11) is 0. The molecule has 0 saturated carbocycles. The number of carbonyl (C=O) groups excluding carboxylic acids is 1. The quantitative estimate of drug-likeness (QED) is 0.864. The molecule has 3 saturated heterocycles. The van der Waals surface area contributed by atoms with Crippen LogP contribution in [0.15, 0.2) is 0 Å². The molecular weight excluding hydrogens is 286 g/mol. The molecule has 0 radical (unpaired) electrons. The fraction of sp³-hybridized carbons (Fsp3) is 0.938. The van der Waals surface area contributed by atoms with Crippen molar-refractivity contribution in [2.24, 2.45) is 5.41 Å². The second-order valence-electron chi connectivity index (χ2n) is 7.03. The molecule has 0 aromatic carbocycles. The number of piperidine rings is 1. The molecule has 4 nitrogen and oxygen atoms in total. The van der Waals surface area contributed by atoms with E-state index in [9.17, 15) is 4.79 Å². The molecule has 2 atom stereocenters. The molecule has 122 valence electrons. The molecule has 0 aromatic rings. The highest BCUT2D eigenvalue weighted by Crippen LogP contribution is 2.35. The summed E-state index contributed by atoms with van der Waals surface area (Å²) < 4.78 is 0. The first kappa shape index (κ1) is 17.0. The van der Waals surface area contributed by atoms with Gasteiger partial charge in [-0.15, -0.1) is 12.4 Å². The van der Waals surface area contributed by atoms with Crippen LogP contribution >= 0.6 is 12.4 Å². The van der Waals surface area contributed by atoms with E-state index in [4.69, 9.17) is 0 Å². The van der Waals surface area contributed by atoms with Crippen molar-refractivity contribution in [3.63, 3.8) is 0 Å². The lowest BCUT2D eigenvalue weighted by Crippen LogP contribution is -2.47. The van der Waals surface area contributed by atoms with Gasteiger partial charge in [0.1, 0.15) is 0 Å². The highest BCUT2D eigenvalue weighted by molar-refractivity contribution is 5.85. The minimum atomic E-state index is 0. The number of amides is 1. The first-order valence-corrected chi connectivity index (χ1v) is 8.45.